The van der Waals surface area contributed by atoms with Gasteiger partial charge in [-0.05, 0) is 70.4 Å². The maximum atomic E-state index is 11.2. The number of phenolic OH excluding ortho intramolecular Hbond substituents is 2. The number of hydrogen-bond donors (Lipinski definition) is 6. The van der Waals surface area contributed by atoms with Gasteiger partial charge in [-0.3, -0.25) is 0 Å². The Labute approximate surface area is 175 Å². The molecular weight excluding hydrogens is 380 g/mol. The van der Waals surface area contributed by atoms with E-state index in [2.05, 4.69) is 15.3 Å². The van der Waals surface area contributed by atoms with Gasteiger partial charge >= 0.3 is 0 Å². The number of likely N-dealkylation sites (N-methyl/N-ethyl adjacent to an activating group) is 2. The zero-order valence-electron chi connectivity index (χ0n) is 17.5. The van der Waals surface area contributed by atoms with Crippen molar-refractivity contribution >= 4 is 21.8 Å². The highest BCUT2D eigenvalue weighted by Gasteiger charge is 2.21. The standard InChI is InChI=1S/C23H28N4O3/c1-24-10-8-13-12-25-17-6-4-15(22(29)19(13)17)14-5-7-18(28)20-16(9-11-27(2)3)23(30)26-21(14)20/h4-7,12,24-26,28-30H,8-11H2,1-3H3. The van der Waals surface area contributed by atoms with E-state index in [1.807, 2.05) is 44.4 Å². The smallest absolute Gasteiger partial charge is 0.192 e. The van der Waals surface area contributed by atoms with Crippen molar-refractivity contribution in [2.75, 3.05) is 34.2 Å². The van der Waals surface area contributed by atoms with Gasteiger partial charge in [0.2, 0.25) is 0 Å². The topological polar surface area (TPSA) is 108 Å². The third-order valence-corrected chi connectivity index (χ3v) is 5.66. The predicted molar refractivity (Wildman–Crippen MR) is 120 cm³/mol. The Morgan fingerprint density at radius 3 is 2.47 bits per heavy atom. The molecule has 30 heavy (non-hydrogen) atoms. The van der Waals surface area contributed by atoms with Crippen LogP contribution >= 0.6 is 0 Å². The molecule has 158 valence electrons. The van der Waals surface area contributed by atoms with Crippen LogP contribution in [0.2, 0.25) is 0 Å². The van der Waals surface area contributed by atoms with Crippen molar-refractivity contribution in [3.63, 3.8) is 0 Å². The summed E-state index contributed by atoms with van der Waals surface area (Å²) in [5, 5.41) is 36.8. The Balaban J connectivity index is 1.89. The maximum absolute atomic E-state index is 11.2. The SMILES string of the molecule is CNCCc1c[nH]c2ccc(-c3ccc(O)c4c(CCN(C)C)c(O)[nH]c34)c(O)c12. The van der Waals surface area contributed by atoms with Gasteiger partial charge in [0.05, 0.1) is 5.52 Å². The fourth-order valence-corrected chi connectivity index (χ4v) is 4.09. The zero-order chi connectivity index (χ0) is 21.4. The van der Waals surface area contributed by atoms with E-state index >= 15 is 0 Å². The molecule has 0 amide bonds. The van der Waals surface area contributed by atoms with Crippen LogP contribution in [0.1, 0.15) is 11.1 Å². The van der Waals surface area contributed by atoms with Gasteiger partial charge in [0.25, 0.3) is 0 Å². The van der Waals surface area contributed by atoms with Gasteiger partial charge < -0.3 is 35.5 Å². The molecule has 2 heterocycles. The Kier molecular flexibility index (Phi) is 5.32. The van der Waals surface area contributed by atoms with Gasteiger partial charge in [-0.1, -0.05) is 0 Å². The van der Waals surface area contributed by atoms with Crippen molar-refractivity contribution in [2.24, 2.45) is 0 Å². The van der Waals surface area contributed by atoms with Crippen molar-refractivity contribution in [2.45, 2.75) is 12.8 Å². The molecule has 0 saturated heterocycles. The van der Waals surface area contributed by atoms with Crippen LogP contribution in [0, 0.1) is 0 Å². The third kappa shape index (κ3) is 3.36. The van der Waals surface area contributed by atoms with Gasteiger partial charge in [0.1, 0.15) is 11.5 Å². The number of fused-ring (bicyclic) bond motifs is 2. The molecule has 0 spiro atoms. The maximum Gasteiger partial charge on any atom is 0.192 e. The minimum Gasteiger partial charge on any atom is -0.507 e. The lowest BCUT2D eigenvalue weighted by molar-refractivity contribution is 0.404. The fraction of sp³-hybridized carbons (Fsp3) is 0.304. The average molecular weight is 409 g/mol. The summed E-state index contributed by atoms with van der Waals surface area (Å²) >= 11 is 0. The molecule has 4 aromatic rings. The summed E-state index contributed by atoms with van der Waals surface area (Å²) in [7, 11) is 5.83. The van der Waals surface area contributed by atoms with Crippen LogP contribution in [-0.4, -0.2) is 64.4 Å². The molecule has 6 N–H and O–H groups in total. The number of aromatic nitrogens is 2. The molecule has 4 rings (SSSR count). The van der Waals surface area contributed by atoms with Crippen LogP contribution in [-0.2, 0) is 12.8 Å². The molecular formula is C23H28N4O3. The van der Waals surface area contributed by atoms with Crippen molar-refractivity contribution in [3.8, 4) is 28.5 Å². The van der Waals surface area contributed by atoms with E-state index < -0.39 is 0 Å². The number of benzene rings is 2. The molecule has 0 atom stereocenters. The van der Waals surface area contributed by atoms with Crippen LogP contribution < -0.4 is 5.32 Å². The number of aromatic amines is 2. The molecule has 0 bridgehead atoms. The number of phenols is 2. The quantitative estimate of drug-likeness (QED) is 0.281. The summed E-state index contributed by atoms with van der Waals surface area (Å²) < 4.78 is 0. The molecule has 7 heteroatoms. The number of hydrogen-bond acceptors (Lipinski definition) is 5. The molecule has 2 aromatic carbocycles. The second-order valence-electron chi connectivity index (χ2n) is 7.94. The molecule has 2 aromatic heterocycles. The first-order valence-corrected chi connectivity index (χ1v) is 10.1. The minimum absolute atomic E-state index is 0.0477. The Hall–Kier alpha value is -3.16. The highest BCUT2D eigenvalue weighted by atomic mass is 16.3. The van der Waals surface area contributed by atoms with E-state index in [1.54, 1.807) is 12.1 Å². The van der Waals surface area contributed by atoms with Crippen LogP contribution in [0.4, 0.5) is 0 Å². The van der Waals surface area contributed by atoms with E-state index in [1.165, 1.54) is 0 Å². The largest absolute Gasteiger partial charge is 0.507 e. The summed E-state index contributed by atoms with van der Waals surface area (Å²) in [6.45, 7) is 1.54. The van der Waals surface area contributed by atoms with Gasteiger partial charge in [-0.15, -0.1) is 0 Å². The molecule has 0 aliphatic carbocycles. The molecule has 0 aliphatic rings. The van der Waals surface area contributed by atoms with Crippen molar-refractivity contribution in [1.29, 1.82) is 0 Å². The molecule has 0 fully saturated rings. The fourth-order valence-electron chi connectivity index (χ4n) is 4.09. The monoisotopic (exact) mass is 408 g/mol. The van der Waals surface area contributed by atoms with Gasteiger partial charge in [-0.2, -0.15) is 0 Å². The highest BCUT2D eigenvalue weighted by Crippen LogP contribution is 2.44. The molecule has 7 nitrogen and oxygen atoms in total. The number of H-pyrrole nitrogens is 2. The van der Waals surface area contributed by atoms with Crippen molar-refractivity contribution < 1.29 is 15.3 Å². The lowest BCUT2D eigenvalue weighted by Crippen LogP contribution is -2.14. The number of aromatic hydroxyl groups is 3. The van der Waals surface area contributed by atoms with E-state index in [0.29, 0.717) is 28.5 Å². The molecule has 0 saturated carbocycles. The average Bonchev–Trinajstić information content (AvgIpc) is 3.27. The van der Waals surface area contributed by atoms with E-state index in [0.717, 1.165) is 41.5 Å². The number of nitrogens with zero attached hydrogens (tertiary/aromatic N) is 1. The number of nitrogens with one attached hydrogen (secondary N) is 3. The Bertz CT molecular complexity index is 1210. The van der Waals surface area contributed by atoms with Crippen LogP contribution in [0.3, 0.4) is 0 Å². The first-order valence-electron chi connectivity index (χ1n) is 10.1. The van der Waals surface area contributed by atoms with E-state index in [9.17, 15) is 15.3 Å². The van der Waals surface area contributed by atoms with E-state index in [-0.39, 0.29) is 17.4 Å². The lowest BCUT2D eigenvalue weighted by atomic mass is 9.97. The first-order chi connectivity index (χ1) is 14.4. The van der Waals surface area contributed by atoms with Gasteiger partial charge in [0.15, 0.2) is 5.88 Å². The van der Waals surface area contributed by atoms with Crippen LogP contribution in [0.25, 0.3) is 32.9 Å². The second-order valence-corrected chi connectivity index (χ2v) is 7.94. The predicted octanol–water partition coefficient (Wildman–Crippen LogP) is 3.30. The second kappa shape index (κ2) is 7.93. The summed E-state index contributed by atoms with van der Waals surface area (Å²) in [5.74, 6) is 0.346. The first kappa shape index (κ1) is 20.1. The van der Waals surface area contributed by atoms with Gasteiger partial charge in [-0.25, -0.2) is 0 Å². The highest BCUT2D eigenvalue weighted by molar-refractivity contribution is 6.05. The summed E-state index contributed by atoms with van der Waals surface area (Å²) in [4.78, 5) is 8.27. The van der Waals surface area contributed by atoms with Crippen LogP contribution in [0.5, 0.6) is 17.4 Å². The van der Waals surface area contributed by atoms with Crippen molar-refractivity contribution in [3.05, 3.63) is 41.6 Å². The van der Waals surface area contributed by atoms with E-state index in [4.69, 9.17) is 0 Å². The number of rotatable bonds is 7. The van der Waals surface area contributed by atoms with Gasteiger partial charge in [0, 0.05) is 45.7 Å². The molecule has 0 radical (unpaired) electrons. The Morgan fingerprint density at radius 1 is 0.967 bits per heavy atom. The molecule has 0 unspecified atom stereocenters. The molecule has 0 aliphatic heterocycles. The minimum atomic E-state index is 0.0477. The summed E-state index contributed by atoms with van der Waals surface area (Å²) in [6.07, 6.45) is 3.31. The summed E-state index contributed by atoms with van der Waals surface area (Å²) in [6, 6.07) is 7.19. The zero-order valence-corrected chi connectivity index (χ0v) is 17.5. The van der Waals surface area contributed by atoms with Crippen LogP contribution in [0.15, 0.2) is 30.5 Å². The lowest BCUT2D eigenvalue weighted by Gasteiger charge is -2.11. The Morgan fingerprint density at radius 2 is 1.73 bits per heavy atom. The third-order valence-electron chi connectivity index (χ3n) is 5.66. The normalized spacial score (nSPS) is 11.9. The van der Waals surface area contributed by atoms with Crippen molar-refractivity contribution in [1.82, 2.24) is 20.2 Å². The summed E-state index contributed by atoms with van der Waals surface area (Å²) in [5.41, 5.74) is 4.58.